The zero-order valence-electron chi connectivity index (χ0n) is 9.34. The molecule has 0 aliphatic carbocycles. The number of halogens is 1. The van der Waals surface area contributed by atoms with Crippen LogP contribution in [0.25, 0.3) is 0 Å². The Morgan fingerprint density at radius 1 is 1.50 bits per heavy atom. The van der Waals surface area contributed by atoms with Crippen LogP contribution in [0.5, 0.6) is 0 Å². The van der Waals surface area contributed by atoms with Gasteiger partial charge in [0.1, 0.15) is 5.15 Å². The Bertz CT molecular complexity index is 307. The molecule has 0 atom stereocenters. The summed E-state index contributed by atoms with van der Waals surface area (Å²) in [4.78, 5) is 2.26. The van der Waals surface area contributed by atoms with Crippen LogP contribution in [0.15, 0.2) is 0 Å². The SMILES string of the molecule is CCCN(C)Cc1c(C)nn(C)c1Cl. The third-order valence-electron chi connectivity index (χ3n) is 2.30. The second-order valence-electron chi connectivity index (χ2n) is 3.72. The summed E-state index contributed by atoms with van der Waals surface area (Å²) < 4.78 is 1.73. The van der Waals surface area contributed by atoms with E-state index in [1.807, 2.05) is 14.0 Å². The molecule has 0 spiro atoms. The van der Waals surface area contributed by atoms with Gasteiger partial charge in [0.15, 0.2) is 0 Å². The summed E-state index contributed by atoms with van der Waals surface area (Å²) in [7, 11) is 3.98. The van der Waals surface area contributed by atoms with Crippen molar-refractivity contribution in [3.63, 3.8) is 0 Å². The molecule has 1 aromatic heterocycles. The van der Waals surface area contributed by atoms with Crippen LogP contribution >= 0.6 is 11.6 Å². The fraction of sp³-hybridized carbons (Fsp3) is 0.700. The summed E-state index contributed by atoms with van der Waals surface area (Å²) in [6, 6.07) is 0. The molecule has 0 unspecified atom stereocenters. The first kappa shape index (κ1) is 11.5. The molecule has 0 fully saturated rings. The molecule has 0 N–H and O–H groups in total. The smallest absolute Gasteiger partial charge is 0.131 e. The lowest BCUT2D eigenvalue weighted by Crippen LogP contribution is -2.18. The Morgan fingerprint density at radius 2 is 2.14 bits per heavy atom. The monoisotopic (exact) mass is 215 g/mol. The molecular weight excluding hydrogens is 198 g/mol. The van der Waals surface area contributed by atoms with Crippen molar-refractivity contribution in [1.29, 1.82) is 0 Å². The molecule has 0 bridgehead atoms. The van der Waals surface area contributed by atoms with Gasteiger partial charge in [0, 0.05) is 19.2 Å². The van der Waals surface area contributed by atoms with Crippen LogP contribution in [-0.4, -0.2) is 28.3 Å². The van der Waals surface area contributed by atoms with Crippen LogP contribution in [-0.2, 0) is 13.6 Å². The van der Waals surface area contributed by atoms with Crippen molar-refractivity contribution in [3.05, 3.63) is 16.4 Å². The fourth-order valence-electron chi connectivity index (χ4n) is 1.58. The van der Waals surface area contributed by atoms with Crippen molar-refractivity contribution >= 4 is 11.6 Å². The molecule has 0 radical (unpaired) electrons. The van der Waals surface area contributed by atoms with Crippen molar-refractivity contribution in [3.8, 4) is 0 Å². The van der Waals surface area contributed by atoms with Crippen LogP contribution < -0.4 is 0 Å². The van der Waals surface area contributed by atoms with E-state index in [0.29, 0.717) is 0 Å². The number of nitrogens with zero attached hydrogens (tertiary/aromatic N) is 3. The van der Waals surface area contributed by atoms with Crippen LogP contribution in [0.4, 0.5) is 0 Å². The molecule has 1 aromatic rings. The van der Waals surface area contributed by atoms with Gasteiger partial charge in [0.2, 0.25) is 0 Å². The third-order valence-corrected chi connectivity index (χ3v) is 2.78. The van der Waals surface area contributed by atoms with Gasteiger partial charge in [0.05, 0.1) is 5.69 Å². The molecule has 0 aromatic carbocycles. The van der Waals surface area contributed by atoms with E-state index < -0.39 is 0 Å². The van der Waals surface area contributed by atoms with Crippen LogP contribution in [0.2, 0.25) is 5.15 Å². The van der Waals surface area contributed by atoms with E-state index in [1.54, 1.807) is 4.68 Å². The molecule has 0 amide bonds. The highest BCUT2D eigenvalue weighted by Gasteiger charge is 2.12. The molecule has 0 saturated heterocycles. The standard InChI is InChI=1S/C10H18ClN3/c1-5-6-13(3)7-9-8(2)12-14(4)10(9)11/h5-7H2,1-4H3. The predicted octanol–water partition coefficient (Wildman–Crippen LogP) is 2.22. The molecular formula is C10H18ClN3. The van der Waals surface area contributed by atoms with Gasteiger partial charge in [-0.3, -0.25) is 4.68 Å². The maximum Gasteiger partial charge on any atom is 0.131 e. The van der Waals surface area contributed by atoms with Crippen molar-refractivity contribution in [2.75, 3.05) is 13.6 Å². The highest BCUT2D eigenvalue weighted by molar-refractivity contribution is 6.30. The molecule has 14 heavy (non-hydrogen) atoms. The number of hydrogen-bond donors (Lipinski definition) is 0. The van der Waals surface area contributed by atoms with Gasteiger partial charge in [-0.05, 0) is 26.9 Å². The highest BCUT2D eigenvalue weighted by atomic mass is 35.5. The first-order valence-corrected chi connectivity index (χ1v) is 5.30. The van der Waals surface area contributed by atoms with Crippen molar-refractivity contribution in [2.45, 2.75) is 26.8 Å². The molecule has 0 saturated carbocycles. The lowest BCUT2D eigenvalue weighted by molar-refractivity contribution is 0.327. The van der Waals surface area contributed by atoms with E-state index >= 15 is 0 Å². The molecule has 0 aliphatic heterocycles. The van der Waals surface area contributed by atoms with Gasteiger partial charge in [0.25, 0.3) is 0 Å². The average Bonchev–Trinajstić information content (AvgIpc) is 2.33. The second-order valence-corrected chi connectivity index (χ2v) is 4.07. The van der Waals surface area contributed by atoms with Gasteiger partial charge >= 0.3 is 0 Å². The van der Waals surface area contributed by atoms with Crippen molar-refractivity contribution in [2.24, 2.45) is 7.05 Å². The zero-order chi connectivity index (χ0) is 10.7. The minimum Gasteiger partial charge on any atom is -0.302 e. The molecule has 80 valence electrons. The van der Waals surface area contributed by atoms with Gasteiger partial charge < -0.3 is 4.90 Å². The van der Waals surface area contributed by atoms with Gasteiger partial charge in [-0.2, -0.15) is 5.10 Å². The molecule has 0 aliphatic rings. The maximum atomic E-state index is 6.13. The number of hydrogen-bond acceptors (Lipinski definition) is 2. The van der Waals surface area contributed by atoms with Crippen LogP contribution in [0, 0.1) is 6.92 Å². The Kier molecular flexibility index (Phi) is 3.96. The van der Waals surface area contributed by atoms with E-state index in [2.05, 4.69) is 24.0 Å². The van der Waals surface area contributed by atoms with E-state index in [9.17, 15) is 0 Å². The Balaban J connectivity index is 2.75. The van der Waals surface area contributed by atoms with E-state index in [4.69, 9.17) is 11.6 Å². The lowest BCUT2D eigenvalue weighted by Gasteiger charge is -2.14. The summed E-state index contributed by atoms with van der Waals surface area (Å²) in [6.45, 7) is 6.15. The Labute approximate surface area is 90.7 Å². The normalized spacial score (nSPS) is 11.3. The number of aryl methyl sites for hydroxylation is 2. The third kappa shape index (κ3) is 2.49. The largest absolute Gasteiger partial charge is 0.302 e. The lowest BCUT2D eigenvalue weighted by atomic mass is 10.2. The topological polar surface area (TPSA) is 21.1 Å². The Hall–Kier alpha value is -0.540. The second kappa shape index (κ2) is 4.80. The molecule has 4 heteroatoms. The highest BCUT2D eigenvalue weighted by Crippen LogP contribution is 2.19. The Morgan fingerprint density at radius 3 is 2.57 bits per heavy atom. The summed E-state index contributed by atoms with van der Waals surface area (Å²) in [5.74, 6) is 0. The van der Waals surface area contributed by atoms with Crippen LogP contribution in [0.3, 0.4) is 0 Å². The number of rotatable bonds is 4. The average molecular weight is 216 g/mol. The van der Waals surface area contributed by atoms with Gasteiger partial charge in [-0.1, -0.05) is 18.5 Å². The molecule has 1 rings (SSSR count). The predicted molar refractivity (Wildman–Crippen MR) is 59.6 cm³/mol. The summed E-state index contributed by atoms with van der Waals surface area (Å²) >= 11 is 6.13. The quantitative estimate of drug-likeness (QED) is 0.768. The number of aromatic nitrogens is 2. The van der Waals surface area contributed by atoms with E-state index in [1.165, 1.54) is 0 Å². The van der Waals surface area contributed by atoms with E-state index in [0.717, 1.165) is 35.9 Å². The summed E-state index contributed by atoms with van der Waals surface area (Å²) in [5, 5.41) is 5.04. The molecule has 1 heterocycles. The molecule has 3 nitrogen and oxygen atoms in total. The maximum absolute atomic E-state index is 6.13. The van der Waals surface area contributed by atoms with Gasteiger partial charge in [-0.15, -0.1) is 0 Å². The van der Waals surface area contributed by atoms with E-state index in [-0.39, 0.29) is 0 Å². The van der Waals surface area contributed by atoms with Crippen molar-refractivity contribution in [1.82, 2.24) is 14.7 Å². The summed E-state index contributed by atoms with van der Waals surface area (Å²) in [5.41, 5.74) is 2.17. The fourth-order valence-corrected chi connectivity index (χ4v) is 1.82. The van der Waals surface area contributed by atoms with Crippen LogP contribution in [0.1, 0.15) is 24.6 Å². The summed E-state index contributed by atoms with van der Waals surface area (Å²) in [6.07, 6.45) is 1.16. The van der Waals surface area contributed by atoms with Gasteiger partial charge in [-0.25, -0.2) is 0 Å². The minimum absolute atomic E-state index is 0.755. The zero-order valence-corrected chi connectivity index (χ0v) is 10.1. The first-order chi connectivity index (χ1) is 6.56. The van der Waals surface area contributed by atoms with Crippen molar-refractivity contribution < 1.29 is 0 Å². The minimum atomic E-state index is 0.755. The first-order valence-electron chi connectivity index (χ1n) is 4.92.